The summed E-state index contributed by atoms with van der Waals surface area (Å²) in [5.74, 6) is -0.885. The number of carbonyl (C=O) groups is 1. The van der Waals surface area contributed by atoms with E-state index in [2.05, 4.69) is 0 Å². The van der Waals surface area contributed by atoms with Gasteiger partial charge in [-0.15, -0.1) is 12.4 Å². The first kappa shape index (κ1) is 13.1. The minimum atomic E-state index is -0.885. The van der Waals surface area contributed by atoms with Crippen molar-refractivity contribution in [3.05, 3.63) is 12.2 Å². The molecule has 0 aromatic rings. The predicted octanol–water partition coefficient (Wildman–Crippen LogP) is 1.00. The number of hydrogen-bond acceptors (Lipinski definition) is 2. The lowest BCUT2D eigenvalue weighted by atomic mass is 10.4. The SMILES string of the molecule is CCN(C)CC=CC(=O)O.Cl. The Morgan fingerprint density at radius 3 is 2.55 bits per heavy atom. The van der Waals surface area contributed by atoms with Gasteiger partial charge in [-0.25, -0.2) is 4.79 Å². The van der Waals surface area contributed by atoms with Gasteiger partial charge in [0.05, 0.1) is 0 Å². The van der Waals surface area contributed by atoms with Gasteiger partial charge in [0.2, 0.25) is 0 Å². The average molecular weight is 180 g/mol. The highest BCUT2D eigenvalue weighted by atomic mass is 35.5. The number of halogens is 1. The van der Waals surface area contributed by atoms with Gasteiger partial charge in [-0.1, -0.05) is 13.0 Å². The van der Waals surface area contributed by atoms with Crippen molar-refractivity contribution in [2.45, 2.75) is 6.92 Å². The monoisotopic (exact) mass is 179 g/mol. The van der Waals surface area contributed by atoms with Gasteiger partial charge in [-0.3, -0.25) is 0 Å². The molecular formula is C7H14ClNO2. The lowest BCUT2D eigenvalue weighted by Gasteiger charge is -2.08. The van der Waals surface area contributed by atoms with Crippen molar-refractivity contribution in [2.24, 2.45) is 0 Å². The van der Waals surface area contributed by atoms with Gasteiger partial charge >= 0.3 is 5.97 Å². The van der Waals surface area contributed by atoms with Gasteiger partial charge < -0.3 is 10.0 Å². The molecule has 0 amide bonds. The van der Waals surface area contributed by atoms with Crippen LogP contribution in [0.15, 0.2) is 12.2 Å². The highest BCUT2D eigenvalue weighted by Gasteiger charge is 1.89. The van der Waals surface area contributed by atoms with Crippen molar-refractivity contribution >= 4 is 18.4 Å². The molecule has 1 N–H and O–H groups in total. The van der Waals surface area contributed by atoms with Gasteiger partial charge in [0, 0.05) is 12.6 Å². The molecule has 0 radical (unpaired) electrons. The number of carboxylic acids is 1. The van der Waals surface area contributed by atoms with Crippen LogP contribution in [0.1, 0.15) is 6.92 Å². The summed E-state index contributed by atoms with van der Waals surface area (Å²) in [5.41, 5.74) is 0. The number of rotatable bonds is 4. The molecule has 3 nitrogen and oxygen atoms in total. The van der Waals surface area contributed by atoms with E-state index in [0.717, 1.165) is 12.6 Å². The summed E-state index contributed by atoms with van der Waals surface area (Å²) in [4.78, 5) is 12.0. The fourth-order valence-corrected chi connectivity index (χ4v) is 0.463. The van der Waals surface area contributed by atoms with E-state index in [1.165, 1.54) is 0 Å². The van der Waals surface area contributed by atoms with Crippen molar-refractivity contribution in [3.8, 4) is 0 Å². The fraction of sp³-hybridized carbons (Fsp3) is 0.571. The van der Waals surface area contributed by atoms with Crippen LogP contribution in [0.5, 0.6) is 0 Å². The summed E-state index contributed by atoms with van der Waals surface area (Å²) in [5, 5.41) is 8.19. The maximum absolute atomic E-state index is 9.96. The number of hydrogen-bond donors (Lipinski definition) is 1. The van der Waals surface area contributed by atoms with Gasteiger partial charge in [-0.05, 0) is 13.6 Å². The number of likely N-dealkylation sites (N-methyl/N-ethyl adjacent to an activating group) is 1. The number of nitrogens with zero attached hydrogens (tertiary/aromatic N) is 1. The Balaban J connectivity index is 0. The van der Waals surface area contributed by atoms with Crippen molar-refractivity contribution in [3.63, 3.8) is 0 Å². The lowest BCUT2D eigenvalue weighted by Crippen LogP contribution is -2.17. The molecular weight excluding hydrogens is 166 g/mol. The third-order valence-electron chi connectivity index (χ3n) is 1.22. The fourth-order valence-electron chi connectivity index (χ4n) is 0.463. The van der Waals surface area contributed by atoms with Crippen LogP contribution in [-0.4, -0.2) is 36.1 Å². The molecule has 0 fully saturated rings. The van der Waals surface area contributed by atoms with Crippen LogP contribution < -0.4 is 0 Å². The van der Waals surface area contributed by atoms with Gasteiger partial charge in [-0.2, -0.15) is 0 Å². The van der Waals surface area contributed by atoms with Crippen LogP contribution >= 0.6 is 12.4 Å². The minimum absolute atomic E-state index is 0. The molecule has 0 atom stereocenters. The summed E-state index contributed by atoms with van der Waals surface area (Å²) in [6.45, 7) is 3.65. The smallest absolute Gasteiger partial charge is 0.328 e. The lowest BCUT2D eigenvalue weighted by molar-refractivity contribution is -0.131. The molecule has 4 heteroatoms. The van der Waals surface area contributed by atoms with E-state index in [4.69, 9.17) is 5.11 Å². The van der Waals surface area contributed by atoms with Crippen LogP contribution in [0.4, 0.5) is 0 Å². The predicted molar refractivity (Wildman–Crippen MR) is 47.2 cm³/mol. The summed E-state index contributed by atoms with van der Waals surface area (Å²) in [6, 6.07) is 0. The minimum Gasteiger partial charge on any atom is -0.478 e. The molecule has 0 rings (SSSR count). The number of carboxylic acid groups (broad SMARTS) is 1. The van der Waals surface area contributed by atoms with E-state index in [1.807, 2.05) is 18.9 Å². The molecule has 0 aliphatic rings. The summed E-state index contributed by atoms with van der Waals surface area (Å²) >= 11 is 0. The third-order valence-corrected chi connectivity index (χ3v) is 1.22. The molecule has 0 bridgehead atoms. The zero-order valence-corrected chi connectivity index (χ0v) is 7.60. The van der Waals surface area contributed by atoms with E-state index in [0.29, 0.717) is 6.54 Å². The van der Waals surface area contributed by atoms with Gasteiger partial charge in [0.25, 0.3) is 0 Å². The second-order valence-corrected chi connectivity index (χ2v) is 2.10. The topological polar surface area (TPSA) is 40.5 Å². The van der Waals surface area contributed by atoms with Crippen LogP contribution in [-0.2, 0) is 4.79 Å². The second kappa shape index (κ2) is 7.57. The molecule has 0 heterocycles. The van der Waals surface area contributed by atoms with Gasteiger partial charge in [0.1, 0.15) is 0 Å². The zero-order chi connectivity index (χ0) is 7.98. The molecule has 0 aromatic heterocycles. The third kappa shape index (κ3) is 9.46. The molecule has 0 saturated carbocycles. The van der Waals surface area contributed by atoms with Crippen molar-refractivity contribution in [1.29, 1.82) is 0 Å². The normalized spacial score (nSPS) is 10.1. The molecule has 0 aliphatic carbocycles. The maximum Gasteiger partial charge on any atom is 0.328 e. The molecule has 0 aromatic carbocycles. The molecule has 0 spiro atoms. The van der Waals surface area contributed by atoms with Crippen molar-refractivity contribution < 1.29 is 9.90 Å². The van der Waals surface area contributed by atoms with E-state index < -0.39 is 5.97 Å². The Labute approximate surface area is 73.1 Å². The quantitative estimate of drug-likeness (QED) is 0.655. The van der Waals surface area contributed by atoms with Crippen LogP contribution in [0, 0.1) is 0 Å². The Bertz CT molecular complexity index is 136. The summed E-state index contributed by atoms with van der Waals surface area (Å²) < 4.78 is 0. The zero-order valence-electron chi connectivity index (χ0n) is 6.78. The van der Waals surface area contributed by atoms with Crippen LogP contribution in [0.2, 0.25) is 0 Å². The number of aliphatic carboxylic acids is 1. The molecule has 11 heavy (non-hydrogen) atoms. The highest BCUT2D eigenvalue weighted by molar-refractivity contribution is 5.85. The molecule has 0 saturated heterocycles. The summed E-state index contributed by atoms with van der Waals surface area (Å²) in [6.07, 6.45) is 2.79. The Hall–Kier alpha value is -0.540. The van der Waals surface area contributed by atoms with E-state index in [9.17, 15) is 4.79 Å². The van der Waals surface area contributed by atoms with E-state index >= 15 is 0 Å². The van der Waals surface area contributed by atoms with E-state index in [1.54, 1.807) is 6.08 Å². The molecule has 66 valence electrons. The first-order chi connectivity index (χ1) is 4.66. The molecule has 0 unspecified atom stereocenters. The Morgan fingerprint density at radius 2 is 2.18 bits per heavy atom. The largest absolute Gasteiger partial charge is 0.478 e. The van der Waals surface area contributed by atoms with Crippen molar-refractivity contribution in [1.82, 2.24) is 4.90 Å². The first-order valence-corrected chi connectivity index (χ1v) is 3.24. The van der Waals surface area contributed by atoms with E-state index in [-0.39, 0.29) is 12.4 Å². The first-order valence-electron chi connectivity index (χ1n) is 3.24. The average Bonchev–Trinajstić information content (AvgIpc) is 1.87. The van der Waals surface area contributed by atoms with Crippen LogP contribution in [0.25, 0.3) is 0 Å². The Morgan fingerprint density at radius 1 is 1.64 bits per heavy atom. The van der Waals surface area contributed by atoms with Crippen molar-refractivity contribution in [2.75, 3.05) is 20.1 Å². The highest BCUT2D eigenvalue weighted by Crippen LogP contribution is 1.81. The van der Waals surface area contributed by atoms with Crippen LogP contribution in [0.3, 0.4) is 0 Å². The molecule has 0 aliphatic heterocycles. The summed E-state index contributed by atoms with van der Waals surface area (Å²) in [7, 11) is 1.94. The second-order valence-electron chi connectivity index (χ2n) is 2.10. The van der Waals surface area contributed by atoms with Gasteiger partial charge in [0.15, 0.2) is 0 Å². The Kier molecular flexibility index (Phi) is 9.00. The maximum atomic E-state index is 9.96. The standard InChI is InChI=1S/C7H13NO2.ClH/c1-3-8(2)6-4-5-7(9)10;/h4-5H,3,6H2,1-2H3,(H,9,10);1H.